The van der Waals surface area contributed by atoms with E-state index in [0.29, 0.717) is 33.0 Å². The number of phenolic OH excluding ortho intramolecular Hbond substituents is 1. The molecule has 0 aliphatic heterocycles. The van der Waals surface area contributed by atoms with Crippen LogP contribution in [-0.2, 0) is 4.57 Å². The van der Waals surface area contributed by atoms with Crippen molar-refractivity contribution in [1.82, 2.24) is 0 Å². The number of hydrogen-bond donors (Lipinski definition) is 1. The lowest BCUT2D eigenvalue weighted by molar-refractivity contribution is 0.415. The number of hydrogen-bond acceptors (Lipinski definition) is 4. The van der Waals surface area contributed by atoms with Gasteiger partial charge in [-0.3, -0.25) is 0 Å². The third-order valence-corrected chi connectivity index (χ3v) is 8.43. The van der Waals surface area contributed by atoms with Crippen molar-refractivity contribution in [2.75, 3.05) is 14.2 Å². The van der Waals surface area contributed by atoms with Crippen LogP contribution in [-0.4, -0.2) is 19.3 Å². The van der Waals surface area contributed by atoms with Gasteiger partial charge >= 0.3 is 0 Å². The number of benzene rings is 4. The summed E-state index contributed by atoms with van der Waals surface area (Å²) < 4.78 is 25.5. The summed E-state index contributed by atoms with van der Waals surface area (Å²) in [5.74, 6) is 1.53. The van der Waals surface area contributed by atoms with Crippen molar-refractivity contribution >= 4 is 23.1 Å². The Morgan fingerprint density at radius 2 is 1.06 bits per heavy atom. The summed E-state index contributed by atoms with van der Waals surface area (Å²) in [5, 5.41) is 12.5. The van der Waals surface area contributed by atoms with Gasteiger partial charge in [-0.25, -0.2) is 0 Å². The number of ether oxygens (including phenoxy) is 2. The van der Waals surface area contributed by atoms with Crippen LogP contribution in [0.25, 0.3) is 11.1 Å². The summed E-state index contributed by atoms with van der Waals surface area (Å²) in [6.07, 6.45) is 0. The summed E-state index contributed by atoms with van der Waals surface area (Å²) >= 11 is 0. The fourth-order valence-corrected chi connectivity index (χ4v) is 6.51. The van der Waals surface area contributed by atoms with Gasteiger partial charge in [-0.2, -0.15) is 0 Å². The summed E-state index contributed by atoms with van der Waals surface area (Å²) in [7, 11) is -0.0768. The Labute approximate surface area is 182 Å². The molecule has 4 aromatic carbocycles. The average molecular weight is 430 g/mol. The Morgan fingerprint density at radius 1 is 0.613 bits per heavy atom. The third kappa shape index (κ3) is 3.83. The Kier molecular flexibility index (Phi) is 5.83. The van der Waals surface area contributed by atoms with E-state index in [4.69, 9.17) is 9.47 Å². The van der Waals surface area contributed by atoms with Gasteiger partial charge < -0.3 is 19.1 Å². The monoisotopic (exact) mass is 430 g/mol. The van der Waals surface area contributed by atoms with Gasteiger partial charge in [0.15, 0.2) is 7.14 Å². The second-order valence-corrected chi connectivity index (χ2v) is 9.77. The minimum Gasteiger partial charge on any atom is -0.507 e. The molecule has 5 heteroatoms. The van der Waals surface area contributed by atoms with E-state index in [1.165, 1.54) is 0 Å². The van der Waals surface area contributed by atoms with Crippen LogP contribution in [0.4, 0.5) is 0 Å². The van der Waals surface area contributed by atoms with Crippen LogP contribution < -0.4 is 25.4 Å². The largest absolute Gasteiger partial charge is 0.507 e. The maximum atomic E-state index is 15.0. The van der Waals surface area contributed by atoms with Gasteiger partial charge in [-0.15, -0.1) is 0 Å². The van der Waals surface area contributed by atoms with Gasteiger partial charge in [0.2, 0.25) is 0 Å². The molecule has 1 N–H and O–H groups in total. The number of para-hydroxylation sites is 1. The van der Waals surface area contributed by atoms with Crippen molar-refractivity contribution in [2.24, 2.45) is 0 Å². The molecule has 0 unspecified atom stereocenters. The molecule has 4 nitrogen and oxygen atoms in total. The highest BCUT2D eigenvalue weighted by Crippen LogP contribution is 2.46. The van der Waals surface area contributed by atoms with E-state index in [1.807, 2.05) is 84.9 Å². The molecule has 0 saturated carbocycles. The highest BCUT2D eigenvalue weighted by atomic mass is 31.2. The highest BCUT2D eigenvalue weighted by molar-refractivity contribution is 7.85. The second kappa shape index (κ2) is 8.71. The first-order valence-corrected chi connectivity index (χ1v) is 11.6. The SMILES string of the molecule is COc1ccc(P(=O)(c2ccc(OC)cc2)c2ccccc2-c2ccccc2O)cc1. The van der Waals surface area contributed by atoms with Crippen LogP contribution in [0.3, 0.4) is 0 Å². The summed E-state index contributed by atoms with van der Waals surface area (Å²) in [6.45, 7) is 0. The van der Waals surface area contributed by atoms with E-state index in [0.717, 1.165) is 5.56 Å². The first kappa shape index (κ1) is 20.8. The number of phenols is 1. The van der Waals surface area contributed by atoms with Crippen molar-refractivity contribution in [3.8, 4) is 28.4 Å². The quantitative estimate of drug-likeness (QED) is 0.450. The average Bonchev–Trinajstić information content (AvgIpc) is 2.84. The molecule has 4 aromatic rings. The smallest absolute Gasteiger partial charge is 0.171 e. The van der Waals surface area contributed by atoms with E-state index in [1.54, 1.807) is 26.4 Å². The maximum Gasteiger partial charge on any atom is 0.171 e. The van der Waals surface area contributed by atoms with Gasteiger partial charge in [-0.05, 0) is 60.2 Å². The summed E-state index contributed by atoms with van der Waals surface area (Å²) in [5.41, 5.74) is 1.37. The van der Waals surface area contributed by atoms with Gasteiger partial charge in [-0.1, -0.05) is 42.5 Å². The lowest BCUT2D eigenvalue weighted by Crippen LogP contribution is -2.26. The van der Waals surface area contributed by atoms with Crippen LogP contribution in [0.15, 0.2) is 97.1 Å². The molecule has 0 radical (unpaired) electrons. The number of aromatic hydroxyl groups is 1. The molecule has 0 atom stereocenters. The summed E-state index contributed by atoms with van der Waals surface area (Å²) in [6, 6.07) is 29.2. The predicted molar refractivity (Wildman–Crippen MR) is 126 cm³/mol. The minimum absolute atomic E-state index is 0.144. The van der Waals surface area contributed by atoms with Crippen LogP contribution in [0, 0.1) is 0 Å². The fraction of sp³-hybridized carbons (Fsp3) is 0.0769. The van der Waals surface area contributed by atoms with E-state index in [9.17, 15) is 9.67 Å². The van der Waals surface area contributed by atoms with Crippen molar-refractivity contribution < 1.29 is 19.1 Å². The first-order chi connectivity index (χ1) is 15.1. The molecule has 0 fully saturated rings. The second-order valence-electron chi connectivity index (χ2n) is 7.04. The van der Waals surface area contributed by atoms with Crippen molar-refractivity contribution in [2.45, 2.75) is 0 Å². The normalized spacial score (nSPS) is 11.2. The molecule has 0 spiro atoms. The summed E-state index contributed by atoms with van der Waals surface area (Å²) in [4.78, 5) is 0. The Hall–Kier alpha value is -3.49. The van der Waals surface area contributed by atoms with Crippen molar-refractivity contribution in [3.63, 3.8) is 0 Å². The predicted octanol–water partition coefficient (Wildman–Crippen LogP) is 4.72. The zero-order valence-corrected chi connectivity index (χ0v) is 18.3. The highest BCUT2D eigenvalue weighted by Gasteiger charge is 2.32. The van der Waals surface area contributed by atoms with Gasteiger partial charge in [0.1, 0.15) is 17.2 Å². The molecule has 0 amide bonds. The van der Waals surface area contributed by atoms with E-state index < -0.39 is 7.14 Å². The molecule has 0 heterocycles. The zero-order valence-electron chi connectivity index (χ0n) is 17.4. The Bertz CT molecular complexity index is 1180. The molecular weight excluding hydrogens is 407 g/mol. The Balaban J connectivity index is 2.00. The van der Waals surface area contributed by atoms with Crippen LogP contribution in [0.2, 0.25) is 0 Å². The molecule has 156 valence electrons. The third-order valence-electron chi connectivity index (χ3n) is 5.31. The van der Waals surface area contributed by atoms with Crippen molar-refractivity contribution in [3.05, 3.63) is 97.1 Å². The number of rotatable bonds is 6. The topological polar surface area (TPSA) is 55.8 Å². The van der Waals surface area contributed by atoms with E-state index >= 15 is 0 Å². The van der Waals surface area contributed by atoms with E-state index in [2.05, 4.69) is 0 Å². The van der Waals surface area contributed by atoms with Crippen LogP contribution >= 0.6 is 7.14 Å². The molecule has 0 aliphatic carbocycles. The molecule has 0 saturated heterocycles. The standard InChI is InChI=1S/C26H23O4P/c1-29-19-11-15-21(16-12-19)31(28,22-17-13-20(30-2)14-18-22)26-10-6-4-8-24(26)23-7-3-5-9-25(23)27/h3-18,27H,1-2H3. The molecule has 31 heavy (non-hydrogen) atoms. The lowest BCUT2D eigenvalue weighted by atomic mass is 10.0. The molecule has 0 bridgehead atoms. The van der Waals surface area contributed by atoms with E-state index in [-0.39, 0.29) is 5.75 Å². The van der Waals surface area contributed by atoms with Gasteiger partial charge in [0, 0.05) is 21.5 Å². The molecule has 4 rings (SSSR count). The zero-order chi connectivity index (χ0) is 21.8. The van der Waals surface area contributed by atoms with Gasteiger partial charge in [0.25, 0.3) is 0 Å². The van der Waals surface area contributed by atoms with Crippen molar-refractivity contribution in [1.29, 1.82) is 0 Å². The molecule has 0 aromatic heterocycles. The van der Waals surface area contributed by atoms with Crippen LogP contribution in [0.1, 0.15) is 0 Å². The first-order valence-electron chi connectivity index (χ1n) is 9.85. The van der Waals surface area contributed by atoms with Crippen LogP contribution in [0.5, 0.6) is 17.2 Å². The molecular formula is C26H23O4P. The lowest BCUT2D eigenvalue weighted by Gasteiger charge is -2.23. The molecule has 0 aliphatic rings. The number of methoxy groups -OCH3 is 2. The minimum atomic E-state index is -3.28. The maximum absolute atomic E-state index is 15.0. The van der Waals surface area contributed by atoms with Gasteiger partial charge in [0.05, 0.1) is 14.2 Å². The fourth-order valence-electron chi connectivity index (χ4n) is 3.69. The Morgan fingerprint density at radius 3 is 1.55 bits per heavy atom.